The van der Waals surface area contributed by atoms with Gasteiger partial charge in [-0.25, -0.2) is 4.68 Å². The van der Waals surface area contributed by atoms with Crippen LogP contribution in [-0.2, 0) is 6.42 Å². The Labute approximate surface area is 106 Å². The molecule has 2 aromatic carbocycles. The molecule has 0 bridgehead atoms. The Morgan fingerprint density at radius 3 is 2.67 bits per heavy atom. The Morgan fingerprint density at radius 2 is 1.89 bits per heavy atom. The molecule has 0 spiro atoms. The van der Waals surface area contributed by atoms with E-state index in [1.807, 2.05) is 10.9 Å². The van der Waals surface area contributed by atoms with Crippen molar-refractivity contribution in [1.29, 1.82) is 0 Å². The first-order valence-corrected chi connectivity index (χ1v) is 6.18. The molecule has 18 heavy (non-hydrogen) atoms. The van der Waals surface area contributed by atoms with E-state index in [9.17, 15) is 0 Å². The molecule has 0 unspecified atom stereocenters. The molecule has 0 aliphatic heterocycles. The monoisotopic (exact) mass is 237 g/mol. The SMILES string of the molecule is CCc1cn(-c2ccc3ccc(C)cc3c2)nn1. The Kier molecular flexibility index (Phi) is 2.59. The summed E-state index contributed by atoms with van der Waals surface area (Å²) in [5, 5.41) is 10.8. The second kappa shape index (κ2) is 4.26. The molecule has 0 saturated heterocycles. The van der Waals surface area contributed by atoms with Gasteiger partial charge in [0, 0.05) is 0 Å². The van der Waals surface area contributed by atoms with Gasteiger partial charge in [0.05, 0.1) is 17.6 Å². The number of aromatic nitrogens is 3. The van der Waals surface area contributed by atoms with Gasteiger partial charge in [0.2, 0.25) is 0 Å². The van der Waals surface area contributed by atoms with Gasteiger partial charge in [-0.2, -0.15) is 0 Å². The third kappa shape index (κ3) is 1.88. The van der Waals surface area contributed by atoms with Gasteiger partial charge in [-0.3, -0.25) is 0 Å². The highest BCUT2D eigenvalue weighted by Gasteiger charge is 2.02. The molecule has 0 aliphatic rings. The minimum Gasteiger partial charge on any atom is -0.220 e. The van der Waals surface area contributed by atoms with E-state index in [2.05, 4.69) is 60.6 Å². The molecular formula is C15H15N3. The summed E-state index contributed by atoms with van der Waals surface area (Å²) in [6.45, 7) is 4.19. The summed E-state index contributed by atoms with van der Waals surface area (Å²) in [6.07, 6.45) is 2.89. The average Bonchev–Trinajstić information content (AvgIpc) is 2.86. The summed E-state index contributed by atoms with van der Waals surface area (Å²) < 4.78 is 1.83. The smallest absolute Gasteiger partial charge is 0.0829 e. The zero-order valence-electron chi connectivity index (χ0n) is 10.6. The van der Waals surface area contributed by atoms with Crippen molar-refractivity contribution in [3.8, 4) is 5.69 Å². The van der Waals surface area contributed by atoms with E-state index in [1.165, 1.54) is 16.3 Å². The third-order valence-corrected chi connectivity index (χ3v) is 3.15. The number of aryl methyl sites for hydroxylation is 2. The predicted octanol–water partition coefficient (Wildman–Crippen LogP) is 3.29. The highest BCUT2D eigenvalue weighted by atomic mass is 15.4. The van der Waals surface area contributed by atoms with Crippen LogP contribution in [0.25, 0.3) is 16.5 Å². The maximum atomic E-state index is 4.15. The number of benzene rings is 2. The summed E-state index contributed by atoms with van der Waals surface area (Å²) in [5.74, 6) is 0. The second-order valence-corrected chi connectivity index (χ2v) is 4.54. The first-order valence-electron chi connectivity index (χ1n) is 6.18. The van der Waals surface area contributed by atoms with Gasteiger partial charge < -0.3 is 0 Å². The van der Waals surface area contributed by atoms with Crippen LogP contribution in [-0.4, -0.2) is 15.0 Å². The molecule has 0 saturated carbocycles. The van der Waals surface area contributed by atoms with Gasteiger partial charge in [-0.1, -0.05) is 42.0 Å². The Morgan fingerprint density at radius 1 is 1.06 bits per heavy atom. The van der Waals surface area contributed by atoms with Crippen molar-refractivity contribution in [3.05, 3.63) is 53.9 Å². The lowest BCUT2D eigenvalue weighted by Gasteiger charge is -2.03. The van der Waals surface area contributed by atoms with E-state index < -0.39 is 0 Å². The van der Waals surface area contributed by atoms with Gasteiger partial charge in [0.25, 0.3) is 0 Å². The third-order valence-electron chi connectivity index (χ3n) is 3.15. The lowest BCUT2D eigenvalue weighted by Crippen LogP contribution is -1.94. The fourth-order valence-electron chi connectivity index (χ4n) is 2.08. The molecule has 3 nitrogen and oxygen atoms in total. The maximum Gasteiger partial charge on any atom is 0.0829 e. The van der Waals surface area contributed by atoms with E-state index in [-0.39, 0.29) is 0 Å². The first-order chi connectivity index (χ1) is 8.76. The summed E-state index contributed by atoms with van der Waals surface area (Å²) in [4.78, 5) is 0. The number of nitrogens with zero attached hydrogens (tertiary/aromatic N) is 3. The van der Waals surface area contributed by atoms with Crippen LogP contribution in [0.3, 0.4) is 0 Å². The van der Waals surface area contributed by atoms with Crippen LogP contribution >= 0.6 is 0 Å². The van der Waals surface area contributed by atoms with Crippen LogP contribution < -0.4 is 0 Å². The largest absolute Gasteiger partial charge is 0.220 e. The maximum absolute atomic E-state index is 4.15. The fraction of sp³-hybridized carbons (Fsp3) is 0.200. The molecule has 90 valence electrons. The van der Waals surface area contributed by atoms with Crippen LogP contribution in [0.1, 0.15) is 18.2 Å². The Bertz CT molecular complexity index is 698. The minimum atomic E-state index is 0.909. The van der Waals surface area contributed by atoms with Gasteiger partial charge >= 0.3 is 0 Å². The molecule has 0 amide bonds. The molecule has 1 aromatic heterocycles. The average molecular weight is 237 g/mol. The molecule has 3 rings (SSSR count). The number of hydrogen-bond donors (Lipinski definition) is 0. The van der Waals surface area contributed by atoms with Gasteiger partial charge in [-0.05, 0) is 36.2 Å². The molecule has 3 heteroatoms. The molecule has 1 heterocycles. The van der Waals surface area contributed by atoms with Crippen molar-refractivity contribution in [3.63, 3.8) is 0 Å². The first kappa shape index (κ1) is 11.0. The van der Waals surface area contributed by atoms with E-state index in [0.29, 0.717) is 0 Å². The highest BCUT2D eigenvalue weighted by molar-refractivity contribution is 5.85. The standard InChI is InChI=1S/C15H15N3/c1-3-14-10-18(17-16-14)15-7-6-12-5-4-11(2)8-13(12)9-15/h4-10H,3H2,1-2H3. The van der Waals surface area contributed by atoms with Crippen molar-refractivity contribution in [2.24, 2.45) is 0 Å². The Hall–Kier alpha value is -2.16. The highest BCUT2D eigenvalue weighted by Crippen LogP contribution is 2.19. The predicted molar refractivity (Wildman–Crippen MR) is 73.0 cm³/mol. The number of rotatable bonds is 2. The van der Waals surface area contributed by atoms with Crippen molar-refractivity contribution in [1.82, 2.24) is 15.0 Å². The van der Waals surface area contributed by atoms with Gasteiger partial charge in [0.15, 0.2) is 0 Å². The minimum absolute atomic E-state index is 0.909. The molecule has 0 atom stereocenters. The van der Waals surface area contributed by atoms with E-state index in [4.69, 9.17) is 0 Å². The zero-order valence-corrected chi connectivity index (χ0v) is 10.6. The van der Waals surface area contributed by atoms with E-state index in [0.717, 1.165) is 17.8 Å². The summed E-state index contributed by atoms with van der Waals surface area (Å²) in [5.41, 5.74) is 3.34. The van der Waals surface area contributed by atoms with Crippen LogP contribution in [0.4, 0.5) is 0 Å². The lowest BCUT2D eigenvalue weighted by molar-refractivity contribution is 0.799. The van der Waals surface area contributed by atoms with Gasteiger partial charge in [-0.15, -0.1) is 5.10 Å². The molecule has 0 aliphatic carbocycles. The molecular weight excluding hydrogens is 222 g/mol. The van der Waals surface area contributed by atoms with Crippen molar-refractivity contribution < 1.29 is 0 Å². The van der Waals surface area contributed by atoms with Crippen molar-refractivity contribution in [2.75, 3.05) is 0 Å². The number of fused-ring (bicyclic) bond motifs is 1. The lowest BCUT2D eigenvalue weighted by atomic mass is 10.1. The molecule has 3 aromatic rings. The second-order valence-electron chi connectivity index (χ2n) is 4.54. The molecule has 0 fully saturated rings. The topological polar surface area (TPSA) is 30.7 Å². The van der Waals surface area contributed by atoms with E-state index >= 15 is 0 Å². The summed E-state index contributed by atoms with van der Waals surface area (Å²) >= 11 is 0. The fourth-order valence-corrected chi connectivity index (χ4v) is 2.08. The van der Waals surface area contributed by atoms with Crippen molar-refractivity contribution in [2.45, 2.75) is 20.3 Å². The Balaban J connectivity index is 2.12. The normalized spacial score (nSPS) is 11.0. The summed E-state index contributed by atoms with van der Waals surface area (Å²) in [7, 11) is 0. The number of hydrogen-bond acceptors (Lipinski definition) is 2. The van der Waals surface area contributed by atoms with Crippen LogP contribution in [0, 0.1) is 6.92 Å². The quantitative estimate of drug-likeness (QED) is 0.684. The molecule has 0 radical (unpaired) electrons. The molecule has 0 N–H and O–H groups in total. The van der Waals surface area contributed by atoms with Crippen molar-refractivity contribution >= 4 is 10.8 Å². The van der Waals surface area contributed by atoms with E-state index in [1.54, 1.807) is 0 Å². The van der Waals surface area contributed by atoms with Gasteiger partial charge in [0.1, 0.15) is 0 Å². The van der Waals surface area contributed by atoms with Crippen LogP contribution in [0.2, 0.25) is 0 Å². The zero-order chi connectivity index (χ0) is 12.5. The van der Waals surface area contributed by atoms with Crippen LogP contribution in [0.5, 0.6) is 0 Å². The summed E-state index contributed by atoms with van der Waals surface area (Å²) in [6, 6.07) is 12.8. The van der Waals surface area contributed by atoms with Crippen LogP contribution in [0.15, 0.2) is 42.6 Å².